The number of nitrogens with zero attached hydrogens (tertiary/aromatic N) is 4. The highest BCUT2D eigenvalue weighted by Crippen LogP contribution is 2.43. The van der Waals surface area contributed by atoms with Crippen LogP contribution >= 0.6 is 0 Å². The van der Waals surface area contributed by atoms with Gasteiger partial charge >= 0.3 is 12.0 Å². The number of guanidine groups is 2. The minimum absolute atomic E-state index is 0.0100. The Labute approximate surface area is 252 Å². The molecule has 7 rings (SSSR count). The molecule has 2 aromatic rings. The first kappa shape index (κ1) is 27.9. The maximum Gasteiger partial charge on any atom is 0.343 e. The first-order valence-electron chi connectivity index (χ1n) is 14.3. The number of aliphatic imine (C=N–C) groups is 1. The summed E-state index contributed by atoms with van der Waals surface area (Å²) in [6.07, 6.45) is 0. The maximum absolute atomic E-state index is 13.6. The molecule has 15 nitrogen and oxygen atoms in total. The minimum atomic E-state index is -2.66. The van der Waals surface area contributed by atoms with E-state index in [9.17, 15) is 24.6 Å². The highest BCUT2D eigenvalue weighted by atomic mass is 16.5. The quantitative estimate of drug-likeness (QED) is 0.133. The number of fused-ring (bicyclic) bond motifs is 1. The first-order chi connectivity index (χ1) is 20.8. The van der Waals surface area contributed by atoms with Crippen LogP contribution < -0.4 is 36.7 Å². The molecule has 5 aliphatic rings. The molecule has 1 spiro atoms. The van der Waals surface area contributed by atoms with Crippen LogP contribution in [0.2, 0.25) is 0 Å². The van der Waals surface area contributed by atoms with Gasteiger partial charge in [0.05, 0.1) is 25.3 Å². The van der Waals surface area contributed by atoms with E-state index >= 15 is 0 Å². The number of imide groups is 1. The Hall–Kier alpha value is -4.89. The van der Waals surface area contributed by atoms with Crippen molar-refractivity contribution in [3.63, 3.8) is 0 Å². The van der Waals surface area contributed by atoms with E-state index in [0.717, 1.165) is 10.5 Å². The molecule has 230 valence electrons. The van der Waals surface area contributed by atoms with Crippen molar-refractivity contribution >= 4 is 35.5 Å². The zero-order valence-corrected chi connectivity index (χ0v) is 24.2. The fraction of sp³-hybridized carbons (Fsp3) is 0.414. The van der Waals surface area contributed by atoms with Crippen LogP contribution in [0.3, 0.4) is 0 Å². The number of benzene rings is 2. The third kappa shape index (κ3) is 3.78. The number of aliphatic hydroxyl groups is 2. The second-order valence-electron chi connectivity index (χ2n) is 12.4. The SMILES string of the molecule is CC1(C)COc2c(C(=O)NC3CN4C(N)=N[C@@H](CN5C(=O)CN(c6ccccc6)C5=O)[C@@H]5[NH+]=C(N)N[C@@]54C3(O)O)cccc21. The van der Waals surface area contributed by atoms with Gasteiger partial charge in [-0.2, -0.15) is 0 Å². The van der Waals surface area contributed by atoms with Gasteiger partial charge in [0.15, 0.2) is 12.0 Å². The number of nitrogens with two attached hydrogens (primary N) is 2. The Morgan fingerprint density at radius 2 is 1.91 bits per heavy atom. The van der Waals surface area contributed by atoms with Crippen molar-refractivity contribution in [1.82, 2.24) is 20.4 Å². The molecule has 0 saturated carbocycles. The van der Waals surface area contributed by atoms with E-state index in [4.69, 9.17) is 16.2 Å². The van der Waals surface area contributed by atoms with Crippen molar-refractivity contribution in [1.29, 1.82) is 0 Å². The van der Waals surface area contributed by atoms with Gasteiger partial charge in [0, 0.05) is 16.7 Å². The lowest BCUT2D eigenvalue weighted by molar-refractivity contribution is -0.521. The zero-order valence-electron chi connectivity index (χ0n) is 24.2. The molecule has 0 radical (unpaired) electrons. The first-order valence-corrected chi connectivity index (χ1v) is 14.3. The molecule has 4 amide bonds. The van der Waals surface area contributed by atoms with Crippen LogP contribution in [0.1, 0.15) is 29.8 Å². The van der Waals surface area contributed by atoms with Gasteiger partial charge in [-0.25, -0.2) is 15.1 Å². The number of anilines is 1. The third-order valence-electron chi connectivity index (χ3n) is 9.25. The van der Waals surface area contributed by atoms with Crippen molar-refractivity contribution in [3.8, 4) is 5.75 Å². The number of amides is 4. The minimum Gasteiger partial charge on any atom is -0.492 e. The lowest BCUT2D eigenvalue weighted by atomic mass is 9.84. The fourth-order valence-corrected chi connectivity index (χ4v) is 7.01. The van der Waals surface area contributed by atoms with Gasteiger partial charge in [-0.1, -0.05) is 44.2 Å². The number of ether oxygens (including phenoxy) is 1. The standard InChI is InChI=1S/C29H33N9O6/c1-27(2)14-44-21-16(9-6-10-17(21)27)23(40)33-19-12-38-25(31)32-18(22-28(38,29(19,42)43)35-24(30)34-22)11-37-20(39)13-36(26(37)41)15-7-4-3-5-8-15/h3-10,18-19,22,42-43H,11-14H2,1-2H3,(H2,31,32)(H,33,40)(H3,30,34,35)/p+1/t18-,19?,22-,28-/m0/s1. The van der Waals surface area contributed by atoms with Crippen molar-refractivity contribution in [2.45, 2.75) is 48.8 Å². The molecular weight excluding hydrogens is 570 g/mol. The van der Waals surface area contributed by atoms with Gasteiger partial charge in [0.25, 0.3) is 17.5 Å². The summed E-state index contributed by atoms with van der Waals surface area (Å²) in [5.41, 5.74) is 12.2. The molecule has 0 bridgehead atoms. The summed E-state index contributed by atoms with van der Waals surface area (Å²) in [7, 11) is 0. The second kappa shape index (κ2) is 9.30. The van der Waals surface area contributed by atoms with Crippen LogP contribution in [0.15, 0.2) is 53.5 Å². The normalized spacial score (nSPS) is 29.4. The monoisotopic (exact) mass is 604 g/mol. The number of carbonyl (C=O) groups is 3. The van der Waals surface area contributed by atoms with E-state index in [1.165, 1.54) is 9.80 Å². The molecule has 5 aliphatic heterocycles. The van der Waals surface area contributed by atoms with E-state index in [1.54, 1.807) is 36.4 Å². The number of urea groups is 1. The van der Waals surface area contributed by atoms with E-state index in [-0.39, 0.29) is 42.5 Å². The van der Waals surface area contributed by atoms with Crippen LogP contribution in [0.4, 0.5) is 10.5 Å². The van der Waals surface area contributed by atoms with Crippen LogP contribution in [0, 0.1) is 0 Å². The number of hydrogen-bond donors (Lipinski definition) is 7. The van der Waals surface area contributed by atoms with Crippen molar-refractivity contribution in [2.75, 3.05) is 31.1 Å². The average Bonchev–Trinajstić information content (AvgIpc) is 3.66. The number of para-hydroxylation sites is 2. The van der Waals surface area contributed by atoms with E-state index in [1.807, 2.05) is 26.0 Å². The average molecular weight is 605 g/mol. The molecular formula is C29H34N9O6+. The summed E-state index contributed by atoms with van der Waals surface area (Å²) in [6, 6.07) is 10.4. The van der Waals surface area contributed by atoms with Gasteiger partial charge in [-0.05, 0) is 18.2 Å². The van der Waals surface area contributed by atoms with E-state index in [2.05, 4.69) is 20.6 Å². The van der Waals surface area contributed by atoms with Crippen molar-refractivity contribution in [2.24, 2.45) is 16.5 Å². The Kier molecular flexibility index (Phi) is 5.90. The Morgan fingerprint density at radius 1 is 1.16 bits per heavy atom. The Bertz CT molecular complexity index is 1640. The summed E-state index contributed by atoms with van der Waals surface area (Å²) in [6.45, 7) is 3.94. The number of nitrogens with one attached hydrogen (secondary N) is 3. The smallest absolute Gasteiger partial charge is 0.343 e. The Morgan fingerprint density at radius 3 is 2.66 bits per heavy atom. The second-order valence-corrected chi connectivity index (χ2v) is 12.4. The molecule has 1 unspecified atom stereocenters. The molecule has 2 aromatic carbocycles. The predicted molar refractivity (Wildman–Crippen MR) is 156 cm³/mol. The largest absolute Gasteiger partial charge is 0.492 e. The topological polar surface area (TPSA) is 213 Å². The van der Waals surface area contributed by atoms with Crippen molar-refractivity contribution in [3.05, 3.63) is 59.7 Å². The highest BCUT2D eigenvalue weighted by Gasteiger charge is 2.76. The summed E-state index contributed by atoms with van der Waals surface area (Å²) in [5.74, 6) is -3.28. The van der Waals surface area contributed by atoms with Crippen LogP contribution in [-0.2, 0) is 10.2 Å². The van der Waals surface area contributed by atoms with Gasteiger partial charge < -0.3 is 26.0 Å². The van der Waals surface area contributed by atoms with Gasteiger partial charge in [0.2, 0.25) is 5.79 Å². The molecule has 0 aromatic heterocycles. The van der Waals surface area contributed by atoms with Crippen LogP contribution in [0.5, 0.6) is 5.75 Å². The number of rotatable bonds is 5. The summed E-state index contributed by atoms with van der Waals surface area (Å²) in [5, 5.41) is 29.3. The molecule has 2 fully saturated rings. The predicted octanol–water partition coefficient (Wildman–Crippen LogP) is -3.32. The van der Waals surface area contributed by atoms with E-state index in [0.29, 0.717) is 18.0 Å². The van der Waals surface area contributed by atoms with Crippen molar-refractivity contribution < 1.29 is 34.3 Å². The summed E-state index contributed by atoms with van der Waals surface area (Å²) in [4.78, 5) is 51.3. The highest BCUT2D eigenvalue weighted by molar-refractivity contribution is 6.12. The molecule has 44 heavy (non-hydrogen) atoms. The lowest BCUT2D eigenvalue weighted by Crippen LogP contribution is -2.90. The van der Waals surface area contributed by atoms with Crippen LogP contribution in [-0.4, -0.2) is 106 Å². The van der Waals surface area contributed by atoms with Gasteiger partial charge in [-0.15, -0.1) is 0 Å². The zero-order chi connectivity index (χ0) is 31.2. The fourth-order valence-electron chi connectivity index (χ4n) is 7.01. The van der Waals surface area contributed by atoms with Gasteiger partial charge in [0.1, 0.15) is 24.4 Å². The lowest BCUT2D eigenvalue weighted by Gasteiger charge is -2.46. The summed E-state index contributed by atoms with van der Waals surface area (Å²) >= 11 is 0. The summed E-state index contributed by atoms with van der Waals surface area (Å²) < 4.78 is 5.87. The molecule has 2 saturated heterocycles. The van der Waals surface area contributed by atoms with Gasteiger partial charge in [-0.3, -0.25) is 35.0 Å². The third-order valence-corrected chi connectivity index (χ3v) is 9.25. The Balaban J connectivity index is 1.17. The van der Waals surface area contributed by atoms with E-state index < -0.39 is 47.4 Å². The maximum atomic E-state index is 13.6. The number of hydrogen-bond acceptors (Lipinski definition) is 11. The molecule has 9 N–H and O–H groups in total. The molecule has 15 heteroatoms. The molecule has 5 heterocycles. The molecule has 0 aliphatic carbocycles. The number of carbonyl (C=O) groups excluding carboxylic acids is 3. The van der Waals surface area contributed by atoms with Crippen LogP contribution in [0.25, 0.3) is 0 Å². The molecule has 4 atom stereocenters.